The molecule has 0 saturated heterocycles. The molecule has 0 saturated carbocycles. The van der Waals surface area contributed by atoms with Crippen LogP contribution in [0.15, 0.2) is 46.9 Å². The van der Waals surface area contributed by atoms with Gasteiger partial charge in [0.05, 0.1) is 0 Å². The van der Waals surface area contributed by atoms with E-state index in [0.29, 0.717) is 29.5 Å². The third-order valence-electron chi connectivity index (χ3n) is 4.15. The predicted octanol–water partition coefficient (Wildman–Crippen LogP) is 5.75. The van der Waals surface area contributed by atoms with Crippen molar-refractivity contribution in [3.63, 3.8) is 0 Å². The SMILES string of the molecule is CC(C)CC(=O)Nc1ccc(NC(=O)COc2ccc(Br)cc2C(C)(C)C)cc1. The van der Waals surface area contributed by atoms with E-state index < -0.39 is 0 Å². The lowest BCUT2D eigenvalue weighted by Crippen LogP contribution is -2.22. The average Bonchev–Trinajstić information content (AvgIpc) is 2.61. The Morgan fingerprint density at radius 3 is 2.03 bits per heavy atom. The number of rotatable bonds is 7. The number of ether oxygens (including phenoxy) is 1. The molecule has 0 aliphatic rings. The zero-order valence-corrected chi connectivity index (χ0v) is 19.2. The highest BCUT2D eigenvalue weighted by atomic mass is 79.9. The van der Waals surface area contributed by atoms with Crippen molar-refractivity contribution >= 4 is 39.1 Å². The van der Waals surface area contributed by atoms with E-state index in [1.54, 1.807) is 24.3 Å². The summed E-state index contributed by atoms with van der Waals surface area (Å²) >= 11 is 3.48. The van der Waals surface area contributed by atoms with Crippen molar-refractivity contribution < 1.29 is 14.3 Å². The minimum Gasteiger partial charge on any atom is -0.483 e. The number of amides is 2. The van der Waals surface area contributed by atoms with Crippen molar-refractivity contribution in [2.75, 3.05) is 17.2 Å². The Morgan fingerprint density at radius 1 is 0.966 bits per heavy atom. The van der Waals surface area contributed by atoms with E-state index in [0.717, 1.165) is 10.0 Å². The third-order valence-corrected chi connectivity index (χ3v) is 4.65. The van der Waals surface area contributed by atoms with Crippen LogP contribution in [0.2, 0.25) is 0 Å². The van der Waals surface area contributed by atoms with Gasteiger partial charge in [0.1, 0.15) is 5.75 Å². The molecule has 2 amide bonds. The van der Waals surface area contributed by atoms with Crippen LogP contribution < -0.4 is 15.4 Å². The van der Waals surface area contributed by atoms with E-state index >= 15 is 0 Å². The van der Waals surface area contributed by atoms with Crippen molar-refractivity contribution in [2.45, 2.75) is 46.5 Å². The number of nitrogens with one attached hydrogen (secondary N) is 2. The number of hydrogen-bond donors (Lipinski definition) is 2. The Labute approximate surface area is 181 Å². The fraction of sp³-hybridized carbons (Fsp3) is 0.391. The normalized spacial score (nSPS) is 11.3. The van der Waals surface area contributed by atoms with Crippen LogP contribution in [-0.2, 0) is 15.0 Å². The number of carbonyl (C=O) groups excluding carboxylic acids is 2. The van der Waals surface area contributed by atoms with Gasteiger partial charge in [0.25, 0.3) is 5.91 Å². The standard InChI is InChI=1S/C23H29BrN2O3/c1-15(2)12-21(27)25-17-7-9-18(10-8-17)26-22(28)14-29-20-11-6-16(24)13-19(20)23(3,4)5/h6-11,13,15H,12,14H2,1-5H3,(H,25,27)(H,26,28). The lowest BCUT2D eigenvalue weighted by atomic mass is 9.86. The molecule has 0 aliphatic carbocycles. The lowest BCUT2D eigenvalue weighted by Gasteiger charge is -2.23. The smallest absolute Gasteiger partial charge is 0.262 e. The van der Waals surface area contributed by atoms with Crippen LogP contribution in [0.25, 0.3) is 0 Å². The van der Waals surface area contributed by atoms with Gasteiger partial charge in [-0.1, -0.05) is 50.5 Å². The second-order valence-corrected chi connectivity index (χ2v) is 9.37. The average molecular weight is 461 g/mol. The van der Waals surface area contributed by atoms with Crippen LogP contribution in [0.5, 0.6) is 5.75 Å². The Morgan fingerprint density at radius 2 is 1.52 bits per heavy atom. The first kappa shape index (κ1) is 22.9. The van der Waals surface area contributed by atoms with Crippen LogP contribution in [-0.4, -0.2) is 18.4 Å². The Kier molecular flexibility index (Phi) is 7.85. The first-order valence-corrected chi connectivity index (χ1v) is 10.5. The van der Waals surface area contributed by atoms with Crippen LogP contribution >= 0.6 is 15.9 Å². The summed E-state index contributed by atoms with van der Waals surface area (Å²) in [6.45, 7) is 10.2. The lowest BCUT2D eigenvalue weighted by molar-refractivity contribution is -0.118. The Hall–Kier alpha value is -2.34. The molecule has 2 rings (SSSR count). The Bertz CT molecular complexity index is 855. The summed E-state index contributed by atoms with van der Waals surface area (Å²) in [6.07, 6.45) is 0.475. The van der Waals surface area contributed by atoms with Crippen molar-refractivity contribution in [3.05, 3.63) is 52.5 Å². The van der Waals surface area contributed by atoms with Crippen LogP contribution in [0.3, 0.4) is 0 Å². The summed E-state index contributed by atoms with van der Waals surface area (Å²) in [6, 6.07) is 12.8. The minimum absolute atomic E-state index is 0.0191. The zero-order valence-electron chi connectivity index (χ0n) is 17.6. The molecule has 0 aromatic heterocycles. The second-order valence-electron chi connectivity index (χ2n) is 8.45. The summed E-state index contributed by atoms with van der Waals surface area (Å²) in [5, 5.41) is 5.65. The van der Waals surface area contributed by atoms with Gasteiger partial charge in [-0.05, 0) is 53.8 Å². The number of hydrogen-bond acceptors (Lipinski definition) is 3. The van der Waals surface area contributed by atoms with Crippen LogP contribution in [0.4, 0.5) is 11.4 Å². The molecule has 0 heterocycles. The molecule has 0 spiro atoms. The van der Waals surface area contributed by atoms with E-state index in [1.807, 2.05) is 32.0 Å². The van der Waals surface area contributed by atoms with E-state index in [2.05, 4.69) is 47.3 Å². The molecule has 0 aliphatic heterocycles. The van der Waals surface area contributed by atoms with Gasteiger partial charge < -0.3 is 15.4 Å². The van der Waals surface area contributed by atoms with Crippen molar-refractivity contribution in [1.29, 1.82) is 0 Å². The van der Waals surface area contributed by atoms with E-state index in [-0.39, 0.29) is 23.8 Å². The number of anilines is 2. The molecule has 0 atom stereocenters. The van der Waals surface area contributed by atoms with Crippen molar-refractivity contribution in [2.24, 2.45) is 5.92 Å². The van der Waals surface area contributed by atoms with E-state index in [1.165, 1.54) is 0 Å². The van der Waals surface area contributed by atoms with Crippen LogP contribution in [0.1, 0.15) is 46.6 Å². The minimum atomic E-state index is -0.246. The summed E-state index contributed by atoms with van der Waals surface area (Å²) in [7, 11) is 0. The van der Waals surface area contributed by atoms with Crippen LogP contribution in [0, 0.1) is 5.92 Å². The fourth-order valence-corrected chi connectivity index (χ4v) is 3.14. The zero-order chi connectivity index (χ0) is 21.6. The maximum atomic E-state index is 12.3. The highest BCUT2D eigenvalue weighted by molar-refractivity contribution is 9.10. The molecular weight excluding hydrogens is 432 g/mol. The van der Waals surface area contributed by atoms with Gasteiger partial charge in [0.15, 0.2) is 6.61 Å². The van der Waals surface area contributed by atoms with Crippen molar-refractivity contribution in [3.8, 4) is 5.75 Å². The molecule has 6 heteroatoms. The summed E-state index contributed by atoms with van der Waals surface area (Å²) < 4.78 is 6.75. The van der Waals surface area contributed by atoms with Gasteiger partial charge in [-0.3, -0.25) is 9.59 Å². The molecule has 2 aromatic rings. The second kappa shape index (κ2) is 9.92. The van der Waals surface area contributed by atoms with E-state index in [4.69, 9.17) is 4.74 Å². The molecule has 2 N–H and O–H groups in total. The molecule has 2 aromatic carbocycles. The quantitative estimate of drug-likeness (QED) is 0.552. The number of carbonyl (C=O) groups is 2. The predicted molar refractivity (Wildman–Crippen MR) is 121 cm³/mol. The van der Waals surface area contributed by atoms with Gasteiger partial charge in [0, 0.05) is 27.8 Å². The molecule has 156 valence electrons. The molecule has 0 fully saturated rings. The highest BCUT2D eigenvalue weighted by Crippen LogP contribution is 2.33. The largest absolute Gasteiger partial charge is 0.483 e. The topological polar surface area (TPSA) is 67.4 Å². The summed E-state index contributed by atoms with van der Waals surface area (Å²) in [5.41, 5.74) is 2.27. The van der Waals surface area contributed by atoms with Gasteiger partial charge >= 0.3 is 0 Å². The highest BCUT2D eigenvalue weighted by Gasteiger charge is 2.20. The van der Waals surface area contributed by atoms with Gasteiger partial charge in [0.2, 0.25) is 5.91 Å². The Balaban J connectivity index is 1.93. The maximum absolute atomic E-state index is 12.3. The molecule has 5 nitrogen and oxygen atoms in total. The summed E-state index contributed by atoms with van der Waals surface area (Å²) in [4.78, 5) is 24.1. The van der Waals surface area contributed by atoms with Gasteiger partial charge in [-0.2, -0.15) is 0 Å². The number of benzene rings is 2. The molecule has 0 bridgehead atoms. The van der Waals surface area contributed by atoms with Gasteiger partial charge in [-0.15, -0.1) is 0 Å². The first-order valence-electron chi connectivity index (χ1n) is 9.67. The van der Waals surface area contributed by atoms with E-state index in [9.17, 15) is 9.59 Å². The monoisotopic (exact) mass is 460 g/mol. The molecule has 29 heavy (non-hydrogen) atoms. The molecule has 0 unspecified atom stereocenters. The number of halogens is 1. The third kappa shape index (κ3) is 7.54. The van der Waals surface area contributed by atoms with Gasteiger partial charge in [-0.25, -0.2) is 0 Å². The van der Waals surface area contributed by atoms with Crippen molar-refractivity contribution in [1.82, 2.24) is 0 Å². The molecular formula is C23H29BrN2O3. The summed E-state index contributed by atoms with van der Waals surface area (Å²) in [5.74, 6) is 0.732. The molecule has 0 radical (unpaired) electrons. The maximum Gasteiger partial charge on any atom is 0.262 e. The first-order chi connectivity index (χ1) is 13.5. The fourth-order valence-electron chi connectivity index (χ4n) is 2.77.